The highest BCUT2D eigenvalue weighted by molar-refractivity contribution is 5.88. The van der Waals surface area contributed by atoms with Crippen LogP contribution >= 0.6 is 0 Å². The summed E-state index contributed by atoms with van der Waals surface area (Å²) in [5, 5.41) is 32.7. The molecule has 3 atom stereocenters. The Morgan fingerprint density at radius 3 is 2.24 bits per heavy atom. The second-order valence-electron chi connectivity index (χ2n) is 14.7. The van der Waals surface area contributed by atoms with Crippen LogP contribution in [0.25, 0.3) is 11.1 Å². The Morgan fingerprint density at radius 1 is 0.920 bits per heavy atom. The van der Waals surface area contributed by atoms with E-state index in [1.54, 1.807) is 18.2 Å². The maximum atomic E-state index is 13.2. The highest BCUT2D eigenvalue weighted by Crippen LogP contribution is 2.64. The second kappa shape index (κ2) is 15.3. The molecule has 1 spiro atoms. The first-order chi connectivity index (χ1) is 23.8. The number of hydrogen-bond donors (Lipinski definition) is 3. The third kappa shape index (κ3) is 7.44. The van der Waals surface area contributed by atoms with Crippen LogP contribution in [0.2, 0.25) is 0 Å². The van der Waals surface area contributed by atoms with Crippen LogP contribution in [0, 0.1) is 5.92 Å². The smallest absolute Gasteiger partial charge is 0.350 e. The predicted octanol–water partition coefficient (Wildman–Crippen LogP) is 9.69. The SMILES string of the molecule is C=C(C)[C@@H]1CC[C@@]2(C(=O)OC)C[C@@]13Oc1cc(C/C=C(\CO)CC/C=C(\C)CC/C=C(\C)CCC=C(C)C)c(O)cc1-c1c(O)ccc(c13)O2. The molecule has 3 N–H and O–H groups in total. The topological polar surface area (TPSA) is 105 Å². The third-order valence-corrected chi connectivity index (χ3v) is 10.6. The minimum absolute atomic E-state index is 0.0384. The lowest BCUT2D eigenvalue weighted by atomic mass is 9.60. The van der Waals surface area contributed by atoms with Crippen molar-refractivity contribution in [3.63, 3.8) is 0 Å². The van der Waals surface area contributed by atoms with E-state index in [2.05, 4.69) is 52.5 Å². The number of carbonyl (C=O) groups is 1. The quantitative estimate of drug-likeness (QED) is 0.135. The molecule has 2 bridgehead atoms. The number of carbonyl (C=O) groups excluding carboxylic acids is 1. The lowest BCUT2D eigenvalue weighted by Crippen LogP contribution is -2.62. The molecule has 0 unspecified atom stereocenters. The Hall–Kier alpha value is -4.23. The van der Waals surface area contributed by atoms with Crippen molar-refractivity contribution in [1.29, 1.82) is 0 Å². The van der Waals surface area contributed by atoms with Crippen molar-refractivity contribution < 1.29 is 34.3 Å². The Balaban J connectivity index is 1.35. The average molecular weight is 683 g/mol. The molecule has 50 heavy (non-hydrogen) atoms. The number of hydrogen-bond acceptors (Lipinski definition) is 7. The van der Waals surface area contributed by atoms with E-state index < -0.39 is 17.2 Å². The third-order valence-electron chi connectivity index (χ3n) is 10.6. The summed E-state index contributed by atoms with van der Waals surface area (Å²) in [5.41, 5.74) is 6.06. The molecule has 5 rings (SSSR count). The molecule has 2 heterocycles. The number of ether oxygens (including phenoxy) is 3. The maximum absolute atomic E-state index is 13.2. The average Bonchev–Trinajstić information content (AvgIpc) is 3.06. The number of allylic oxidation sites excluding steroid dienone is 7. The van der Waals surface area contributed by atoms with Gasteiger partial charge in [-0.1, -0.05) is 53.2 Å². The highest BCUT2D eigenvalue weighted by atomic mass is 16.6. The fourth-order valence-corrected chi connectivity index (χ4v) is 7.95. The molecule has 268 valence electrons. The molecule has 2 aromatic rings. The molecule has 2 aromatic carbocycles. The molecule has 0 radical (unpaired) electrons. The Morgan fingerprint density at radius 2 is 1.60 bits per heavy atom. The molecule has 0 aromatic heterocycles. The van der Waals surface area contributed by atoms with E-state index in [1.165, 1.54) is 23.8 Å². The fourth-order valence-electron chi connectivity index (χ4n) is 7.95. The van der Waals surface area contributed by atoms with Gasteiger partial charge in [-0.05, 0) is 122 Å². The summed E-state index contributed by atoms with van der Waals surface area (Å²) in [5.74, 6) is 0.453. The van der Waals surface area contributed by atoms with Crippen LogP contribution in [0.4, 0.5) is 0 Å². The Bertz CT molecular complexity index is 1750. The molecular weight excluding hydrogens is 628 g/mol. The van der Waals surface area contributed by atoms with Gasteiger partial charge in [0.05, 0.1) is 13.7 Å². The molecule has 1 saturated carbocycles. The van der Waals surface area contributed by atoms with E-state index in [4.69, 9.17) is 14.2 Å². The van der Waals surface area contributed by atoms with Crippen molar-refractivity contribution in [2.24, 2.45) is 5.92 Å². The van der Waals surface area contributed by atoms with Crippen LogP contribution in [0.5, 0.6) is 23.0 Å². The van der Waals surface area contributed by atoms with E-state index in [9.17, 15) is 20.1 Å². The van der Waals surface area contributed by atoms with Gasteiger partial charge in [-0.3, -0.25) is 0 Å². The van der Waals surface area contributed by atoms with Gasteiger partial charge in [-0.25, -0.2) is 4.79 Å². The minimum atomic E-state index is -1.23. The normalized spacial score (nSPS) is 22.5. The number of aliphatic hydroxyl groups is 1. The molecule has 7 heteroatoms. The number of rotatable bonds is 14. The number of methoxy groups -OCH3 is 1. The Labute approximate surface area is 297 Å². The zero-order valence-corrected chi connectivity index (χ0v) is 30.7. The summed E-state index contributed by atoms with van der Waals surface area (Å²) >= 11 is 0. The van der Waals surface area contributed by atoms with Gasteiger partial charge in [0.1, 0.15) is 28.6 Å². The summed E-state index contributed by atoms with van der Waals surface area (Å²) in [4.78, 5) is 13.2. The summed E-state index contributed by atoms with van der Waals surface area (Å²) < 4.78 is 18.6. The Kier molecular flexibility index (Phi) is 11.4. The van der Waals surface area contributed by atoms with Crippen molar-refractivity contribution in [3.8, 4) is 34.1 Å². The van der Waals surface area contributed by atoms with Crippen LogP contribution in [0.15, 0.2) is 83.0 Å². The zero-order chi connectivity index (χ0) is 36.2. The van der Waals surface area contributed by atoms with Gasteiger partial charge in [0.25, 0.3) is 0 Å². The van der Waals surface area contributed by atoms with Crippen LogP contribution in [0.3, 0.4) is 0 Å². The number of phenols is 2. The number of phenolic OH excluding ortho intramolecular Hbond substituents is 2. The van der Waals surface area contributed by atoms with E-state index >= 15 is 0 Å². The molecule has 2 aliphatic heterocycles. The van der Waals surface area contributed by atoms with Gasteiger partial charge < -0.3 is 29.5 Å². The number of benzene rings is 2. The maximum Gasteiger partial charge on any atom is 0.350 e. The molecule has 0 saturated heterocycles. The predicted molar refractivity (Wildman–Crippen MR) is 199 cm³/mol. The standard InChI is InChI=1S/C43H54O7/c1-27(2)11-8-12-29(5)13-9-14-30(6)15-10-16-31(25-44)17-18-32-23-38-33(24-36(32)46)39-35(45)19-20-37-40(39)43(50-38)26-42(49-37,41(47)48-7)22-21-34(43)28(3)4/h11,13,15,17,19-20,23-24,34,44-46H,3,8-10,12,14,16,18,21-22,25-26H2,1-2,4-7H3/b29-13+,30-15+,31-17-/t34-,42-,43+/m0/s1. The van der Waals surface area contributed by atoms with Gasteiger partial charge in [0.15, 0.2) is 0 Å². The van der Waals surface area contributed by atoms with Crippen molar-refractivity contribution >= 4 is 5.97 Å². The first-order valence-electron chi connectivity index (χ1n) is 17.9. The van der Waals surface area contributed by atoms with Crippen LogP contribution < -0.4 is 9.47 Å². The summed E-state index contributed by atoms with van der Waals surface area (Å²) in [7, 11) is 1.36. The first kappa shape index (κ1) is 37.0. The van der Waals surface area contributed by atoms with Crippen molar-refractivity contribution in [3.05, 3.63) is 94.1 Å². The summed E-state index contributed by atoms with van der Waals surface area (Å²) in [6.07, 6.45) is 16.3. The minimum Gasteiger partial charge on any atom is -0.508 e. The van der Waals surface area contributed by atoms with Gasteiger partial charge in [0, 0.05) is 34.6 Å². The van der Waals surface area contributed by atoms with Crippen LogP contribution in [-0.4, -0.2) is 40.6 Å². The number of esters is 1. The van der Waals surface area contributed by atoms with Crippen molar-refractivity contribution in [2.45, 2.75) is 110 Å². The van der Waals surface area contributed by atoms with Gasteiger partial charge in [-0.2, -0.15) is 0 Å². The molecule has 1 fully saturated rings. The van der Waals surface area contributed by atoms with Gasteiger partial charge in [0.2, 0.25) is 5.60 Å². The molecule has 1 aliphatic carbocycles. The molecule has 3 aliphatic rings. The molecule has 0 amide bonds. The van der Waals surface area contributed by atoms with Crippen LogP contribution in [0.1, 0.15) is 104 Å². The number of aliphatic hydroxyl groups excluding tert-OH is 1. The van der Waals surface area contributed by atoms with E-state index in [0.717, 1.165) is 49.7 Å². The number of fused-ring (bicyclic) bond motifs is 3. The van der Waals surface area contributed by atoms with Gasteiger partial charge in [-0.15, -0.1) is 0 Å². The van der Waals surface area contributed by atoms with E-state index in [-0.39, 0.29) is 30.4 Å². The lowest BCUT2D eigenvalue weighted by molar-refractivity contribution is -0.181. The summed E-state index contributed by atoms with van der Waals surface area (Å²) in [6, 6.07) is 6.68. The molecular formula is C43H54O7. The van der Waals surface area contributed by atoms with E-state index in [1.807, 2.05) is 19.1 Å². The number of aromatic hydroxyl groups is 2. The van der Waals surface area contributed by atoms with Crippen LogP contribution in [-0.2, 0) is 21.6 Å². The van der Waals surface area contributed by atoms with E-state index in [0.29, 0.717) is 53.0 Å². The molecule has 7 nitrogen and oxygen atoms in total. The highest BCUT2D eigenvalue weighted by Gasteiger charge is 2.64. The first-order valence-corrected chi connectivity index (χ1v) is 17.9. The van der Waals surface area contributed by atoms with Gasteiger partial charge >= 0.3 is 5.97 Å². The van der Waals surface area contributed by atoms with Crippen molar-refractivity contribution in [1.82, 2.24) is 0 Å². The zero-order valence-electron chi connectivity index (χ0n) is 30.7. The lowest BCUT2D eigenvalue weighted by Gasteiger charge is -2.56. The monoisotopic (exact) mass is 682 g/mol. The fraction of sp³-hybridized carbons (Fsp3) is 0.465. The largest absolute Gasteiger partial charge is 0.508 e. The summed E-state index contributed by atoms with van der Waals surface area (Å²) in [6.45, 7) is 14.8. The van der Waals surface area contributed by atoms with Crippen molar-refractivity contribution in [2.75, 3.05) is 13.7 Å². The second-order valence-corrected chi connectivity index (χ2v) is 14.7.